The quantitative estimate of drug-likeness (QED) is 0.812. The van der Waals surface area contributed by atoms with E-state index in [1.807, 2.05) is 11.3 Å². The van der Waals surface area contributed by atoms with Crippen molar-refractivity contribution in [2.75, 3.05) is 6.54 Å². The van der Waals surface area contributed by atoms with Crippen LogP contribution < -0.4 is 5.32 Å². The Bertz CT molecular complexity index is 296. The van der Waals surface area contributed by atoms with E-state index in [1.165, 1.54) is 16.9 Å². The molecule has 0 aromatic carbocycles. The highest BCUT2D eigenvalue weighted by Crippen LogP contribution is 2.35. The topological polar surface area (TPSA) is 12.0 Å². The van der Waals surface area contributed by atoms with E-state index in [0.29, 0.717) is 6.04 Å². The monoisotopic (exact) mass is 225 g/mol. The summed E-state index contributed by atoms with van der Waals surface area (Å²) < 4.78 is 0. The van der Waals surface area contributed by atoms with Crippen molar-refractivity contribution in [1.29, 1.82) is 0 Å². The summed E-state index contributed by atoms with van der Waals surface area (Å²) in [5.41, 5.74) is 1.75. The van der Waals surface area contributed by atoms with E-state index in [2.05, 4.69) is 51.4 Å². The largest absolute Gasteiger partial charge is 0.309 e. The Balaban J connectivity index is 2.87. The molecule has 86 valence electrons. The molecule has 2 heteroatoms. The van der Waals surface area contributed by atoms with Crippen LogP contribution in [0.2, 0.25) is 0 Å². The summed E-state index contributed by atoms with van der Waals surface area (Å²) in [5, 5.41) is 5.85. The van der Waals surface area contributed by atoms with Crippen LogP contribution in [0.5, 0.6) is 0 Å². The van der Waals surface area contributed by atoms with Gasteiger partial charge in [-0.15, -0.1) is 11.3 Å². The van der Waals surface area contributed by atoms with Gasteiger partial charge in [0.15, 0.2) is 0 Å². The van der Waals surface area contributed by atoms with Crippen molar-refractivity contribution < 1.29 is 0 Å². The molecule has 1 N–H and O–H groups in total. The predicted molar refractivity (Wildman–Crippen MR) is 69.5 cm³/mol. The van der Waals surface area contributed by atoms with Gasteiger partial charge >= 0.3 is 0 Å². The van der Waals surface area contributed by atoms with Gasteiger partial charge in [-0.2, -0.15) is 0 Å². The van der Waals surface area contributed by atoms with Crippen molar-refractivity contribution in [2.45, 2.75) is 47.1 Å². The summed E-state index contributed by atoms with van der Waals surface area (Å²) in [6.07, 6.45) is 1.19. The van der Waals surface area contributed by atoms with Gasteiger partial charge in [0.25, 0.3) is 0 Å². The Morgan fingerprint density at radius 3 is 2.47 bits per heavy atom. The Kier molecular flexibility index (Phi) is 4.35. The fourth-order valence-electron chi connectivity index (χ4n) is 1.87. The predicted octanol–water partition coefficient (Wildman–Crippen LogP) is 4.14. The summed E-state index contributed by atoms with van der Waals surface area (Å²) >= 11 is 1.84. The van der Waals surface area contributed by atoms with E-state index in [1.54, 1.807) is 0 Å². The molecule has 1 aromatic heterocycles. The van der Waals surface area contributed by atoms with Gasteiger partial charge in [-0.25, -0.2) is 0 Å². The summed E-state index contributed by atoms with van der Waals surface area (Å²) in [7, 11) is 0. The maximum absolute atomic E-state index is 3.66. The third-order valence-corrected chi connectivity index (χ3v) is 3.54. The zero-order valence-corrected chi connectivity index (χ0v) is 11.4. The first-order valence-electron chi connectivity index (χ1n) is 5.74. The van der Waals surface area contributed by atoms with Gasteiger partial charge in [-0.3, -0.25) is 0 Å². The van der Waals surface area contributed by atoms with Crippen LogP contribution in [-0.2, 0) is 0 Å². The number of thiophene rings is 1. The molecule has 0 saturated carbocycles. The minimum absolute atomic E-state index is 0.279. The fraction of sp³-hybridized carbons (Fsp3) is 0.692. The van der Waals surface area contributed by atoms with Crippen molar-refractivity contribution in [3.05, 3.63) is 21.9 Å². The van der Waals surface area contributed by atoms with Gasteiger partial charge in [-0.1, -0.05) is 27.7 Å². The molecule has 1 nitrogen and oxygen atoms in total. The maximum Gasteiger partial charge on any atom is 0.0380 e. The van der Waals surface area contributed by atoms with Gasteiger partial charge < -0.3 is 5.32 Å². The summed E-state index contributed by atoms with van der Waals surface area (Å²) in [5.74, 6) is 0. The Morgan fingerprint density at radius 2 is 2.07 bits per heavy atom. The molecule has 1 unspecified atom stereocenters. The molecule has 0 aliphatic heterocycles. The molecular weight excluding hydrogens is 202 g/mol. The number of aryl methyl sites for hydroxylation is 1. The Hall–Kier alpha value is -0.340. The molecule has 0 aliphatic rings. The molecule has 0 aliphatic carbocycles. The van der Waals surface area contributed by atoms with Crippen LogP contribution >= 0.6 is 11.3 Å². The van der Waals surface area contributed by atoms with Crippen LogP contribution in [0.25, 0.3) is 0 Å². The maximum atomic E-state index is 3.66. The highest BCUT2D eigenvalue weighted by atomic mass is 32.1. The average molecular weight is 225 g/mol. The van der Waals surface area contributed by atoms with Gasteiger partial charge in [0.1, 0.15) is 0 Å². The van der Waals surface area contributed by atoms with Crippen molar-refractivity contribution in [3.8, 4) is 0 Å². The third-order valence-electron chi connectivity index (χ3n) is 2.67. The van der Waals surface area contributed by atoms with Crippen LogP contribution in [0.3, 0.4) is 0 Å². The molecule has 1 rings (SSSR count). The van der Waals surface area contributed by atoms with E-state index in [-0.39, 0.29) is 5.41 Å². The van der Waals surface area contributed by atoms with Crippen LogP contribution in [0.1, 0.15) is 50.6 Å². The third kappa shape index (κ3) is 3.32. The van der Waals surface area contributed by atoms with Crippen molar-refractivity contribution >= 4 is 11.3 Å². The molecule has 0 radical (unpaired) electrons. The van der Waals surface area contributed by atoms with Crippen molar-refractivity contribution in [3.63, 3.8) is 0 Å². The molecule has 0 bridgehead atoms. The average Bonchev–Trinajstić information content (AvgIpc) is 2.51. The molecule has 1 atom stereocenters. The zero-order valence-electron chi connectivity index (χ0n) is 10.6. The molecule has 0 spiro atoms. The number of hydrogen-bond donors (Lipinski definition) is 1. The Labute approximate surface area is 97.9 Å². The van der Waals surface area contributed by atoms with Crippen LogP contribution in [0.15, 0.2) is 11.4 Å². The van der Waals surface area contributed by atoms with Gasteiger partial charge in [0, 0.05) is 10.9 Å². The van der Waals surface area contributed by atoms with E-state index < -0.39 is 0 Å². The molecule has 15 heavy (non-hydrogen) atoms. The van der Waals surface area contributed by atoms with E-state index >= 15 is 0 Å². The highest BCUT2D eigenvalue weighted by molar-refractivity contribution is 7.10. The van der Waals surface area contributed by atoms with Gasteiger partial charge in [0.2, 0.25) is 0 Å². The number of rotatable bonds is 4. The Morgan fingerprint density at radius 1 is 1.40 bits per heavy atom. The fourth-order valence-corrected chi connectivity index (χ4v) is 2.61. The lowest BCUT2D eigenvalue weighted by atomic mass is 9.82. The number of hydrogen-bond acceptors (Lipinski definition) is 2. The van der Waals surface area contributed by atoms with Crippen LogP contribution in [-0.4, -0.2) is 6.54 Å². The molecule has 0 amide bonds. The van der Waals surface area contributed by atoms with Crippen molar-refractivity contribution in [1.82, 2.24) is 5.32 Å². The summed E-state index contributed by atoms with van der Waals surface area (Å²) in [6, 6.07) is 2.74. The van der Waals surface area contributed by atoms with Gasteiger partial charge in [-0.05, 0) is 42.3 Å². The highest BCUT2D eigenvalue weighted by Gasteiger charge is 2.26. The summed E-state index contributed by atoms with van der Waals surface area (Å²) in [6.45, 7) is 12.4. The first kappa shape index (κ1) is 12.7. The lowest BCUT2D eigenvalue weighted by Gasteiger charge is -2.32. The standard InChI is InChI=1S/C13H23NS/c1-6-8-14-12(13(3,4)5)11-7-9-15-10(11)2/h7,9,12,14H,6,8H2,1-5H3. The number of nitrogens with one attached hydrogen (secondary N) is 1. The second-order valence-electron chi connectivity index (χ2n) is 5.19. The lowest BCUT2D eigenvalue weighted by Crippen LogP contribution is -2.32. The first-order valence-corrected chi connectivity index (χ1v) is 6.62. The molecule has 1 aromatic rings. The van der Waals surface area contributed by atoms with E-state index in [0.717, 1.165) is 6.54 Å². The SMILES string of the molecule is CCCNC(c1ccsc1C)C(C)(C)C. The second-order valence-corrected chi connectivity index (χ2v) is 6.31. The second kappa shape index (κ2) is 5.13. The lowest BCUT2D eigenvalue weighted by molar-refractivity contribution is 0.273. The summed E-state index contributed by atoms with van der Waals surface area (Å²) in [4.78, 5) is 1.44. The smallest absolute Gasteiger partial charge is 0.0380 e. The molecule has 1 heterocycles. The van der Waals surface area contributed by atoms with E-state index in [4.69, 9.17) is 0 Å². The normalized spacial score (nSPS) is 14.2. The molecule has 0 saturated heterocycles. The molecule has 0 fully saturated rings. The van der Waals surface area contributed by atoms with Crippen LogP contribution in [0, 0.1) is 12.3 Å². The molecular formula is C13H23NS. The van der Waals surface area contributed by atoms with Crippen LogP contribution in [0.4, 0.5) is 0 Å². The minimum atomic E-state index is 0.279. The first-order chi connectivity index (χ1) is 6.96. The van der Waals surface area contributed by atoms with Gasteiger partial charge in [0.05, 0.1) is 0 Å². The van der Waals surface area contributed by atoms with Crippen molar-refractivity contribution in [2.24, 2.45) is 5.41 Å². The minimum Gasteiger partial charge on any atom is -0.309 e. The van der Waals surface area contributed by atoms with E-state index in [9.17, 15) is 0 Å². The zero-order chi connectivity index (χ0) is 11.5.